The third-order valence-electron chi connectivity index (χ3n) is 7.57. The van der Waals surface area contributed by atoms with Crippen molar-refractivity contribution in [2.75, 3.05) is 0 Å². The minimum atomic E-state index is -0.711. The summed E-state index contributed by atoms with van der Waals surface area (Å²) in [4.78, 5) is 0. The first-order chi connectivity index (χ1) is 17.6. The zero-order valence-electron chi connectivity index (χ0n) is 23.4. The SMILES string of the molecule is CC(C1C=CC=C1P(c1cccc2ccccc12)c1cccc2ccccc12)P(C(C)(C)C)C(C)(C)C. The third-order valence-corrected chi connectivity index (χ3v) is 14.3. The first kappa shape index (κ1) is 26.4. The van der Waals surface area contributed by atoms with Crippen LogP contribution in [0.25, 0.3) is 21.5 Å². The fourth-order valence-electron chi connectivity index (χ4n) is 6.72. The molecule has 0 radical (unpaired) electrons. The molecule has 0 aromatic heterocycles. The van der Waals surface area contributed by atoms with Crippen molar-refractivity contribution in [1.29, 1.82) is 0 Å². The molecule has 0 N–H and O–H groups in total. The van der Waals surface area contributed by atoms with Gasteiger partial charge in [-0.2, -0.15) is 0 Å². The second kappa shape index (κ2) is 10.1. The molecule has 2 unspecified atom stereocenters. The Morgan fingerprint density at radius 1 is 0.622 bits per heavy atom. The van der Waals surface area contributed by atoms with Gasteiger partial charge in [-0.3, -0.25) is 0 Å². The van der Waals surface area contributed by atoms with Crippen LogP contribution in [0.2, 0.25) is 0 Å². The van der Waals surface area contributed by atoms with E-state index in [1.54, 1.807) is 5.31 Å². The Bertz CT molecular complexity index is 1370. The van der Waals surface area contributed by atoms with Crippen LogP contribution in [0.1, 0.15) is 48.5 Å². The van der Waals surface area contributed by atoms with Crippen LogP contribution in [0.5, 0.6) is 0 Å². The number of allylic oxidation sites excluding steroid dienone is 4. The minimum Gasteiger partial charge on any atom is -0.0918 e. The monoisotopic (exact) mass is 522 g/mol. The molecule has 4 aromatic rings. The average molecular weight is 523 g/mol. The van der Waals surface area contributed by atoms with Gasteiger partial charge in [-0.05, 0) is 61.4 Å². The molecule has 2 heteroatoms. The van der Waals surface area contributed by atoms with E-state index in [0.29, 0.717) is 11.6 Å². The molecular weight excluding hydrogens is 482 g/mol. The van der Waals surface area contributed by atoms with Crippen LogP contribution in [-0.4, -0.2) is 16.0 Å². The summed E-state index contributed by atoms with van der Waals surface area (Å²) in [6.45, 7) is 17.3. The van der Waals surface area contributed by atoms with E-state index in [0.717, 1.165) is 0 Å². The Kier molecular flexibility index (Phi) is 7.22. The van der Waals surface area contributed by atoms with Crippen LogP contribution in [0.3, 0.4) is 0 Å². The highest BCUT2D eigenvalue weighted by atomic mass is 31.1. The van der Waals surface area contributed by atoms with Crippen molar-refractivity contribution in [2.45, 2.75) is 64.4 Å². The second-order valence-electron chi connectivity index (χ2n) is 12.3. The predicted molar refractivity (Wildman–Crippen MR) is 171 cm³/mol. The van der Waals surface area contributed by atoms with Gasteiger partial charge in [0.1, 0.15) is 0 Å². The number of hydrogen-bond acceptors (Lipinski definition) is 0. The van der Waals surface area contributed by atoms with Crippen LogP contribution < -0.4 is 10.6 Å². The molecule has 0 bridgehead atoms. The molecule has 190 valence electrons. The van der Waals surface area contributed by atoms with E-state index in [9.17, 15) is 0 Å². The van der Waals surface area contributed by atoms with Crippen molar-refractivity contribution >= 4 is 48.0 Å². The molecule has 0 heterocycles. The highest BCUT2D eigenvalue weighted by Crippen LogP contribution is 2.67. The van der Waals surface area contributed by atoms with E-state index in [1.165, 1.54) is 32.2 Å². The highest BCUT2D eigenvalue weighted by molar-refractivity contribution is 7.77. The fraction of sp³-hybridized carbons (Fsp3) is 0.314. The van der Waals surface area contributed by atoms with Crippen LogP contribution in [0.4, 0.5) is 0 Å². The summed E-state index contributed by atoms with van der Waals surface area (Å²) in [5.74, 6) is 0.452. The lowest BCUT2D eigenvalue weighted by atomic mass is 10.1. The van der Waals surface area contributed by atoms with Crippen molar-refractivity contribution in [3.05, 3.63) is 108 Å². The van der Waals surface area contributed by atoms with E-state index in [2.05, 4.69) is 152 Å². The maximum Gasteiger partial charge on any atom is 0.00971 e. The van der Waals surface area contributed by atoms with Crippen LogP contribution in [0, 0.1) is 5.92 Å². The standard InChI is InChI=1S/C35H40P2/c1-25(37(34(2,3)4)35(5,6)7)28-21-14-24-31(28)36(32-22-12-17-26-15-8-10-19-29(26)32)33-23-13-18-27-16-9-11-20-30(27)33/h8-25,28H,1-7H3. The average Bonchev–Trinajstić information content (AvgIpc) is 3.32. The van der Waals surface area contributed by atoms with Crippen LogP contribution >= 0.6 is 15.8 Å². The predicted octanol–water partition coefficient (Wildman–Crippen LogP) is 9.96. The molecule has 1 aliphatic rings. The molecule has 4 aromatic carbocycles. The summed E-state index contributed by atoms with van der Waals surface area (Å²) in [7, 11) is -0.966. The normalized spacial score (nSPS) is 17.2. The second-order valence-corrected chi connectivity index (χ2v) is 18.7. The van der Waals surface area contributed by atoms with Crippen molar-refractivity contribution in [2.24, 2.45) is 5.92 Å². The molecule has 2 atom stereocenters. The van der Waals surface area contributed by atoms with Crippen molar-refractivity contribution in [1.82, 2.24) is 0 Å². The Labute approximate surface area is 226 Å². The van der Waals surface area contributed by atoms with E-state index in [-0.39, 0.29) is 18.2 Å². The van der Waals surface area contributed by atoms with E-state index >= 15 is 0 Å². The smallest absolute Gasteiger partial charge is 0.00971 e. The van der Waals surface area contributed by atoms with Gasteiger partial charge in [0.15, 0.2) is 0 Å². The first-order valence-corrected chi connectivity index (χ1v) is 16.3. The Hall–Kier alpha value is -2.26. The van der Waals surface area contributed by atoms with Gasteiger partial charge in [0.25, 0.3) is 0 Å². The maximum atomic E-state index is 2.54. The molecular formula is C35H40P2. The lowest BCUT2D eigenvalue weighted by Gasteiger charge is -2.48. The number of hydrogen-bond donors (Lipinski definition) is 0. The summed E-state index contributed by atoms with van der Waals surface area (Å²) in [5, 5.41) is 10.6. The van der Waals surface area contributed by atoms with Crippen molar-refractivity contribution < 1.29 is 0 Å². The van der Waals surface area contributed by atoms with Crippen molar-refractivity contribution in [3.63, 3.8) is 0 Å². The minimum absolute atomic E-state index is 0.255. The van der Waals surface area contributed by atoms with E-state index in [4.69, 9.17) is 0 Å². The van der Waals surface area contributed by atoms with Gasteiger partial charge in [-0.1, -0.05) is 160 Å². The lowest BCUT2D eigenvalue weighted by Crippen LogP contribution is -2.34. The largest absolute Gasteiger partial charge is 0.0918 e. The van der Waals surface area contributed by atoms with Gasteiger partial charge in [-0.15, -0.1) is 0 Å². The van der Waals surface area contributed by atoms with Gasteiger partial charge in [-0.25, -0.2) is 0 Å². The highest BCUT2D eigenvalue weighted by Gasteiger charge is 2.43. The summed E-state index contributed by atoms with van der Waals surface area (Å²) in [6.07, 6.45) is 7.33. The quantitative estimate of drug-likeness (QED) is 0.229. The van der Waals surface area contributed by atoms with Gasteiger partial charge in [0, 0.05) is 5.92 Å². The fourth-order valence-corrected chi connectivity index (χ4v) is 14.9. The van der Waals surface area contributed by atoms with Gasteiger partial charge in [0.05, 0.1) is 0 Å². The van der Waals surface area contributed by atoms with Gasteiger partial charge in [0.2, 0.25) is 0 Å². The number of rotatable bonds is 5. The molecule has 5 rings (SSSR count). The van der Waals surface area contributed by atoms with Gasteiger partial charge < -0.3 is 0 Å². The maximum absolute atomic E-state index is 2.54. The van der Waals surface area contributed by atoms with Gasteiger partial charge >= 0.3 is 0 Å². The topological polar surface area (TPSA) is 0 Å². The summed E-state index contributed by atoms with van der Waals surface area (Å²) >= 11 is 0. The molecule has 0 saturated heterocycles. The Morgan fingerprint density at radius 3 is 1.57 bits per heavy atom. The Balaban J connectivity index is 1.72. The summed E-state index contributed by atoms with van der Waals surface area (Å²) in [6, 6.07) is 31.7. The molecule has 1 aliphatic carbocycles. The van der Waals surface area contributed by atoms with Crippen LogP contribution in [0.15, 0.2) is 108 Å². The zero-order chi connectivity index (χ0) is 26.4. The van der Waals surface area contributed by atoms with E-state index < -0.39 is 7.92 Å². The summed E-state index contributed by atoms with van der Waals surface area (Å²) < 4.78 is 0. The third kappa shape index (κ3) is 5.09. The van der Waals surface area contributed by atoms with Crippen LogP contribution in [-0.2, 0) is 0 Å². The molecule has 0 amide bonds. The lowest BCUT2D eigenvalue weighted by molar-refractivity contribution is 0.658. The molecule has 0 aliphatic heterocycles. The number of fused-ring (bicyclic) bond motifs is 2. The first-order valence-electron chi connectivity index (χ1n) is 13.5. The molecule has 0 nitrogen and oxygen atoms in total. The Morgan fingerprint density at radius 2 is 1.08 bits per heavy atom. The zero-order valence-corrected chi connectivity index (χ0v) is 25.2. The summed E-state index contributed by atoms with van der Waals surface area (Å²) in [5.41, 5.74) is 0.593. The number of benzene rings is 4. The molecule has 0 fully saturated rings. The molecule has 0 saturated carbocycles. The molecule has 37 heavy (non-hydrogen) atoms. The molecule has 0 spiro atoms. The van der Waals surface area contributed by atoms with E-state index in [1.807, 2.05) is 0 Å². The van der Waals surface area contributed by atoms with Crippen molar-refractivity contribution in [3.8, 4) is 0 Å².